The van der Waals surface area contributed by atoms with Gasteiger partial charge in [-0.25, -0.2) is 15.0 Å². The molecule has 0 aliphatic carbocycles. The maximum atomic E-state index is 6.11. The SMILES string of the molecule is CCc1nc(Cc2nc3ccccc3[nH]2)nc(Cl)c1Br. The molecule has 20 heavy (non-hydrogen) atoms. The van der Waals surface area contributed by atoms with Gasteiger partial charge in [0.1, 0.15) is 16.8 Å². The summed E-state index contributed by atoms with van der Waals surface area (Å²) in [4.78, 5) is 16.6. The molecule has 6 heteroatoms. The number of aromatic amines is 1. The highest BCUT2D eigenvalue weighted by Gasteiger charge is 2.11. The molecule has 0 fully saturated rings. The van der Waals surface area contributed by atoms with Crippen LogP contribution < -0.4 is 0 Å². The van der Waals surface area contributed by atoms with E-state index in [1.165, 1.54) is 0 Å². The van der Waals surface area contributed by atoms with E-state index in [1.54, 1.807) is 0 Å². The number of nitrogens with one attached hydrogen (secondary N) is 1. The van der Waals surface area contributed by atoms with Crippen LogP contribution >= 0.6 is 27.5 Å². The quantitative estimate of drug-likeness (QED) is 0.728. The van der Waals surface area contributed by atoms with Crippen LogP contribution in [0.15, 0.2) is 28.7 Å². The van der Waals surface area contributed by atoms with Crippen LogP contribution in [0.3, 0.4) is 0 Å². The number of rotatable bonds is 3. The van der Waals surface area contributed by atoms with Crippen LogP contribution in [0.25, 0.3) is 11.0 Å². The molecule has 3 rings (SSSR count). The van der Waals surface area contributed by atoms with Crippen molar-refractivity contribution < 1.29 is 0 Å². The Morgan fingerprint density at radius 2 is 2.00 bits per heavy atom. The van der Waals surface area contributed by atoms with Gasteiger partial charge in [0.2, 0.25) is 0 Å². The van der Waals surface area contributed by atoms with Crippen LogP contribution in [0.5, 0.6) is 0 Å². The molecular formula is C14H12BrClN4. The number of H-pyrrole nitrogens is 1. The zero-order chi connectivity index (χ0) is 14.1. The highest BCUT2D eigenvalue weighted by Crippen LogP contribution is 2.24. The highest BCUT2D eigenvalue weighted by atomic mass is 79.9. The lowest BCUT2D eigenvalue weighted by molar-refractivity contribution is 0.870. The van der Waals surface area contributed by atoms with Crippen LogP contribution in [-0.4, -0.2) is 19.9 Å². The Hall–Kier alpha value is -1.46. The van der Waals surface area contributed by atoms with Crippen molar-refractivity contribution in [1.29, 1.82) is 0 Å². The van der Waals surface area contributed by atoms with Gasteiger partial charge in [-0.1, -0.05) is 30.7 Å². The summed E-state index contributed by atoms with van der Waals surface area (Å²) in [5, 5.41) is 0.447. The molecule has 0 radical (unpaired) electrons. The lowest BCUT2D eigenvalue weighted by Crippen LogP contribution is -2.03. The van der Waals surface area contributed by atoms with E-state index in [0.717, 1.165) is 33.4 Å². The molecule has 2 heterocycles. The average Bonchev–Trinajstić information content (AvgIpc) is 2.84. The van der Waals surface area contributed by atoms with Crippen molar-refractivity contribution in [2.75, 3.05) is 0 Å². The molecule has 2 aromatic heterocycles. The molecule has 0 saturated carbocycles. The first-order chi connectivity index (χ1) is 9.67. The molecule has 0 bridgehead atoms. The smallest absolute Gasteiger partial charge is 0.147 e. The van der Waals surface area contributed by atoms with Crippen molar-refractivity contribution >= 4 is 38.6 Å². The van der Waals surface area contributed by atoms with Crippen LogP contribution in [0.1, 0.15) is 24.3 Å². The van der Waals surface area contributed by atoms with Crippen molar-refractivity contribution in [1.82, 2.24) is 19.9 Å². The third-order valence-electron chi connectivity index (χ3n) is 3.02. The Kier molecular flexibility index (Phi) is 3.72. The normalized spacial score (nSPS) is 11.2. The first-order valence-corrected chi connectivity index (χ1v) is 7.49. The summed E-state index contributed by atoms with van der Waals surface area (Å²) in [6.07, 6.45) is 1.34. The van der Waals surface area contributed by atoms with Gasteiger partial charge in [0, 0.05) is 0 Å². The first-order valence-electron chi connectivity index (χ1n) is 6.31. The van der Waals surface area contributed by atoms with Crippen molar-refractivity contribution in [3.8, 4) is 0 Å². The number of hydrogen-bond acceptors (Lipinski definition) is 3. The molecule has 3 aromatic rings. The van der Waals surface area contributed by atoms with Gasteiger partial charge in [0.25, 0.3) is 0 Å². The van der Waals surface area contributed by atoms with Crippen molar-refractivity contribution in [2.24, 2.45) is 0 Å². The summed E-state index contributed by atoms with van der Waals surface area (Å²) in [5.74, 6) is 1.51. The Balaban J connectivity index is 1.96. The summed E-state index contributed by atoms with van der Waals surface area (Å²) in [6.45, 7) is 2.04. The summed E-state index contributed by atoms with van der Waals surface area (Å²) in [6, 6.07) is 7.92. The van der Waals surface area contributed by atoms with Gasteiger partial charge >= 0.3 is 0 Å². The Labute approximate surface area is 129 Å². The third kappa shape index (κ3) is 2.55. The molecule has 0 atom stereocenters. The lowest BCUT2D eigenvalue weighted by Gasteiger charge is -2.05. The highest BCUT2D eigenvalue weighted by molar-refractivity contribution is 9.10. The van der Waals surface area contributed by atoms with E-state index < -0.39 is 0 Å². The molecule has 4 nitrogen and oxygen atoms in total. The summed E-state index contributed by atoms with van der Waals surface area (Å²) < 4.78 is 0.773. The van der Waals surface area contributed by atoms with E-state index in [4.69, 9.17) is 11.6 Å². The van der Waals surface area contributed by atoms with Gasteiger partial charge in [-0.15, -0.1) is 0 Å². The molecule has 1 aromatic carbocycles. The third-order valence-corrected chi connectivity index (χ3v) is 4.36. The monoisotopic (exact) mass is 350 g/mol. The molecule has 0 aliphatic rings. The zero-order valence-corrected chi connectivity index (χ0v) is 13.2. The van der Waals surface area contributed by atoms with E-state index >= 15 is 0 Å². The number of halogens is 2. The standard InChI is InChI=1S/C14H12BrClN4/c1-2-8-13(15)14(16)20-12(17-8)7-11-18-9-5-3-4-6-10(9)19-11/h3-6H,2,7H2,1H3,(H,18,19). The fourth-order valence-corrected chi connectivity index (χ4v) is 2.73. The molecule has 0 unspecified atom stereocenters. The zero-order valence-electron chi connectivity index (χ0n) is 10.8. The van der Waals surface area contributed by atoms with Gasteiger partial charge < -0.3 is 4.98 Å². The number of fused-ring (bicyclic) bond motifs is 1. The minimum absolute atomic E-state index is 0.447. The second-order valence-corrected chi connectivity index (χ2v) is 5.57. The molecule has 0 saturated heterocycles. The van der Waals surface area contributed by atoms with Crippen LogP contribution in [0.4, 0.5) is 0 Å². The van der Waals surface area contributed by atoms with Crippen molar-refractivity contribution in [3.63, 3.8) is 0 Å². The van der Waals surface area contributed by atoms with E-state index in [2.05, 4.69) is 35.9 Å². The second-order valence-electron chi connectivity index (χ2n) is 4.42. The minimum Gasteiger partial charge on any atom is -0.342 e. The summed E-state index contributed by atoms with van der Waals surface area (Å²) in [7, 11) is 0. The maximum absolute atomic E-state index is 6.11. The van der Waals surface area contributed by atoms with Crippen LogP contribution in [0.2, 0.25) is 5.15 Å². The molecular weight excluding hydrogens is 340 g/mol. The molecule has 0 amide bonds. The summed E-state index contributed by atoms with van der Waals surface area (Å²) >= 11 is 9.52. The van der Waals surface area contributed by atoms with Gasteiger partial charge in [-0.05, 0) is 34.5 Å². The lowest BCUT2D eigenvalue weighted by atomic mass is 10.3. The number of para-hydroxylation sites is 2. The number of nitrogens with zero attached hydrogens (tertiary/aromatic N) is 3. The maximum Gasteiger partial charge on any atom is 0.147 e. The molecule has 1 N–H and O–H groups in total. The van der Waals surface area contributed by atoms with Crippen LogP contribution in [0, 0.1) is 0 Å². The van der Waals surface area contributed by atoms with Gasteiger partial charge in [-0.2, -0.15) is 0 Å². The predicted molar refractivity (Wildman–Crippen MR) is 83.0 cm³/mol. The van der Waals surface area contributed by atoms with Gasteiger partial charge in [0.05, 0.1) is 27.6 Å². The van der Waals surface area contributed by atoms with E-state index in [1.807, 2.05) is 31.2 Å². The molecule has 0 spiro atoms. The predicted octanol–water partition coefficient (Wildman–Crippen LogP) is 3.92. The van der Waals surface area contributed by atoms with Crippen LogP contribution in [-0.2, 0) is 12.8 Å². The minimum atomic E-state index is 0.447. The number of benzene rings is 1. The largest absolute Gasteiger partial charge is 0.342 e. The number of hydrogen-bond donors (Lipinski definition) is 1. The van der Waals surface area contributed by atoms with E-state index in [9.17, 15) is 0 Å². The Bertz CT molecular complexity index is 736. The van der Waals surface area contributed by atoms with E-state index in [-0.39, 0.29) is 0 Å². The Morgan fingerprint density at radius 3 is 2.75 bits per heavy atom. The van der Waals surface area contributed by atoms with Gasteiger partial charge in [-0.3, -0.25) is 0 Å². The topological polar surface area (TPSA) is 54.5 Å². The molecule has 102 valence electrons. The van der Waals surface area contributed by atoms with E-state index in [0.29, 0.717) is 17.4 Å². The number of imidazole rings is 1. The number of aromatic nitrogens is 4. The fourth-order valence-electron chi connectivity index (χ4n) is 2.06. The average molecular weight is 352 g/mol. The van der Waals surface area contributed by atoms with Gasteiger partial charge in [0.15, 0.2) is 0 Å². The fraction of sp³-hybridized carbons (Fsp3) is 0.214. The summed E-state index contributed by atoms with van der Waals surface area (Å²) in [5.41, 5.74) is 2.87. The Morgan fingerprint density at radius 1 is 1.20 bits per heavy atom. The molecule has 0 aliphatic heterocycles. The number of aryl methyl sites for hydroxylation is 1. The van der Waals surface area contributed by atoms with Crippen molar-refractivity contribution in [2.45, 2.75) is 19.8 Å². The first kappa shape index (κ1) is 13.5. The van der Waals surface area contributed by atoms with Crippen molar-refractivity contribution in [3.05, 3.63) is 51.2 Å². The second kappa shape index (κ2) is 5.50.